The minimum Gasteiger partial charge on any atom is -0.309 e. The Hall–Kier alpha value is -4.82. The van der Waals surface area contributed by atoms with Gasteiger partial charge in [-0.2, -0.15) is 0 Å². The average molecular weight is 654 g/mol. The van der Waals surface area contributed by atoms with Crippen molar-refractivity contribution in [3.63, 3.8) is 0 Å². The van der Waals surface area contributed by atoms with Crippen molar-refractivity contribution in [2.24, 2.45) is 0 Å². The second kappa shape index (κ2) is 13.8. The molecule has 0 spiro atoms. The fraction of sp³-hybridized carbons (Fsp3) is 0.250. The maximum absolute atomic E-state index is 2.48. The summed E-state index contributed by atoms with van der Waals surface area (Å²) < 4.78 is 0. The Morgan fingerprint density at radius 3 is 0.940 bits per heavy atom. The van der Waals surface area contributed by atoms with Crippen LogP contribution < -0.4 is 21.3 Å². The molecule has 0 aliphatic rings. The highest BCUT2D eigenvalue weighted by molar-refractivity contribution is 6.96. The standard InChI is InChI=1S/C48H52BN/c1-29-21-33(5)45(34(6)22-29)49(46-35(7)23-30(2)24-36(46)8)43-17-13-41(14-18-43)42-15-19-44(20-16-42)50(47-37(9)25-31(3)26-38(47)10)48-39(11)27-32(4)28-40(48)12/h13-28H,1-12H3. The maximum Gasteiger partial charge on any atom is 0.242 e. The van der Waals surface area contributed by atoms with Gasteiger partial charge in [-0.15, -0.1) is 0 Å². The summed E-state index contributed by atoms with van der Waals surface area (Å²) in [5, 5.41) is 0. The van der Waals surface area contributed by atoms with Crippen LogP contribution in [-0.4, -0.2) is 6.71 Å². The number of hydrogen-bond acceptors (Lipinski definition) is 1. The fourth-order valence-electron chi connectivity index (χ4n) is 8.86. The van der Waals surface area contributed by atoms with E-state index in [2.05, 4.69) is 185 Å². The Morgan fingerprint density at radius 1 is 0.340 bits per heavy atom. The highest BCUT2D eigenvalue weighted by Gasteiger charge is 2.28. The molecule has 0 amide bonds. The largest absolute Gasteiger partial charge is 0.309 e. The van der Waals surface area contributed by atoms with Gasteiger partial charge in [-0.1, -0.05) is 146 Å². The Labute approximate surface area is 302 Å². The SMILES string of the molecule is Cc1cc(C)c(B(c2ccc(-c3ccc(N(c4c(C)cc(C)cc4C)c4c(C)cc(C)cc4C)cc3)cc2)c2c(C)cc(C)cc2C)c(C)c1. The van der Waals surface area contributed by atoms with Crippen molar-refractivity contribution in [2.75, 3.05) is 4.90 Å². The Morgan fingerprint density at radius 2 is 0.620 bits per heavy atom. The van der Waals surface area contributed by atoms with E-state index in [9.17, 15) is 0 Å². The monoisotopic (exact) mass is 653 g/mol. The molecule has 0 unspecified atom stereocenters. The molecule has 6 aromatic rings. The number of benzene rings is 6. The number of anilines is 3. The molecule has 0 aromatic heterocycles. The van der Waals surface area contributed by atoms with E-state index < -0.39 is 0 Å². The number of rotatable bonds is 7. The first-order chi connectivity index (χ1) is 23.7. The second-order valence-corrected chi connectivity index (χ2v) is 15.1. The molecule has 6 aromatic carbocycles. The average Bonchev–Trinajstić information content (AvgIpc) is 3.02. The van der Waals surface area contributed by atoms with E-state index in [1.165, 1.54) is 111 Å². The van der Waals surface area contributed by atoms with Crippen molar-refractivity contribution in [1.82, 2.24) is 0 Å². The molecule has 252 valence electrons. The predicted octanol–water partition coefficient (Wildman–Crippen LogP) is 11.0. The van der Waals surface area contributed by atoms with Gasteiger partial charge in [0.2, 0.25) is 6.71 Å². The minimum absolute atomic E-state index is 0.170. The molecule has 0 radical (unpaired) electrons. The molecule has 0 heterocycles. The van der Waals surface area contributed by atoms with Crippen molar-refractivity contribution in [1.29, 1.82) is 0 Å². The van der Waals surface area contributed by atoms with Gasteiger partial charge in [-0.25, -0.2) is 0 Å². The van der Waals surface area contributed by atoms with Gasteiger partial charge in [0.1, 0.15) is 0 Å². The summed E-state index contributed by atoms with van der Waals surface area (Å²) >= 11 is 0. The lowest BCUT2D eigenvalue weighted by atomic mass is 9.34. The van der Waals surface area contributed by atoms with E-state index in [0.717, 1.165) is 0 Å². The van der Waals surface area contributed by atoms with Gasteiger partial charge < -0.3 is 4.90 Å². The molecule has 0 atom stereocenters. The molecular formula is C48H52BN. The predicted molar refractivity (Wildman–Crippen MR) is 221 cm³/mol. The van der Waals surface area contributed by atoms with E-state index >= 15 is 0 Å². The molecule has 0 aliphatic carbocycles. The van der Waals surface area contributed by atoms with Crippen molar-refractivity contribution < 1.29 is 0 Å². The van der Waals surface area contributed by atoms with Crippen LogP contribution in [0, 0.1) is 83.1 Å². The third-order valence-electron chi connectivity index (χ3n) is 10.5. The van der Waals surface area contributed by atoms with Crippen LogP contribution in [-0.2, 0) is 0 Å². The second-order valence-electron chi connectivity index (χ2n) is 15.1. The molecule has 0 saturated carbocycles. The lowest BCUT2D eigenvalue weighted by molar-refractivity contribution is 1.16. The van der Waals surface area contributed by atoms with Gasteiger partial charge in [-0.3, -0.25) is 0 Å². The molecule has 0 saturated heterocycles. The normalized spacial score (nSPS) is 11.2. The van der Waals surface area contributed by atoms with Crippen LogP contribution >= 0.6 is 0 Å². The molecule has 0 bridgehead atoms. The van der Waals surface area contributed by atoms with E-state index in [1.807, 2.05) is 0 Å². The molecule has 0 N–H and O–H groups in total. The Kier molecular flexibility index (Phi) is 9.69. The third-order valence-corrected chi connectivity index (χ3v) is 10.5. The quantitative estimate of drug-likeness (QED) is 0.155. The zero-order chi connectivity index (χ0) is 36.0. The van der Waals surface area contributed by atoms with Crippen LogP contribution in [0.5, 0.6) is 0 Å². The van der Waals surface area contributed by atoms with Crippen LogP contribution in [0.2, 0.25) is 0 Å². The molecule has 2 heteroatoms. The summed E-state index contributed by atoms with van der Waals surface area (Å²) in [6.07, 6.45) is 0. The number of nitrogens with zero attached hydrogens (tertiary/aromatic N) is 1. The van der Waals surface area contributed by atoms with Crippen LogP contribution in [0.3, 0.4) is 0 Å². The first-order valence-electron chi connectivity index (χ1n) is 18.0. The summed E-state index contributed by atoms with van der Waals surface area (Å²) in [4.78, 5) is 2.48. The summed E-state index contributed by atoms with van der Waals surface area (Å²) in [6.45, 7) is 27.0. The van der Waals surface area contributed by atoms with E-state index in [0.29, 0.717) is 0 Å². The van der Waals surface area contributed by atoms with E-state index in [1.54, 1.807) is 0 Å². The van der Waals surface area contributed by atoms with Crippen LogP contribution in [0.4, 0.5) is 17.1 Å². The molecule has 0 aliphatic heterocycles. The third kappa shape index (κ3) is 6.69. The van der Waals surface area contributed by atoms with Gasteiger partial charge in [0, 0.05) is 5.69 Å². The first-order valence-corrected chi connectivity index (χ1v) is 18.0. The fourth-order valence-corrected chi connectivity index (χ4v) is 8.86. The lowest BCUT2D eigenvalue weighted by Gasteiger charge is -2.32. The topological polar surface area (TPSA) is 3.24 Å². The Balaban J connectivity index is 1.43. The molecule has 6 rings (SSSR count). The van der Waals surface area contributed by atoms with Gasteiger partial charge >= 0.3 is 0 Å². The van der Waals surface area contributed by atoms with Crippen molar-refractivity contribution in [3.05, 3.63) is 164 Å². The highest BCUT2D eigenvalue weighted by Crippen LogP contribution is 2.43. The zero-order valence-electron chi connectivity index (χ0n) is 32.3. The van der Waals surface area contributed by atoms with Gasteiger partial charge in [0.05, 0.1) is 11.4 Å². The Bertz CT molecular complexity index is 1850. The van der Waals surface area contributed by atoms with E-state index in [4.69, 9.17) is 0 Å². The van der Waals surface area contributed by atoms with Crippen LogP contribution in [0.15, 0.2) is 97.1 Å². The summed E-state index contributed by atoms with van der Waals surface area (Å²) in [5.41, 5.74) is 26.1. The zero-order valence-corrected chi connectivity index (χ0v) is 32.3. The molecule has 50 heavy (non-hydrogen) atoms. The van der Waals surface area contributed by atoms with Crippen molar-refractivity contribution >= 4 is 40.2 Å². The molecular weight excluding hydrogens is 601 g/mol. The summed E-state index contributed by atoms with van der Waals surface area (Å²) in [7, 11) is 0. The molecule has 1 nitrogen and oxygen atoms in total. The van der Waals surface area contributed by atoms with Crippen molar-refractivity contribution in [3.8, 4) is 11.1 Å². The van der Waals surface area contributed by atoms with E-state index in [-0.39, 0.29) is 6.71 Å². The summed E-state index contributed by atoms with van der Waals surface area (Å²) in [6, 6.07) is 37.1. The highest BCUT2D eigenvalue weighted by atomic mass is 15.2. The van der Waals surface area contributed by atoms with Crippen LogP contribution in [0.25, 0.3) is 11.1 Å². The van der Waals surface area contributed by atoms with Gasteiger partial charge in [0.15, 0.2) is 0 Å². The minimum atomic E-state index is 0.170. The van der Waals surface area contributed by atoms with Gasteiger partial charge in [-0.05, 0) is 129 Å². The number of hydrogen-bond donors (Lipinski definition) is 0. The van der Waals surface area contributed by atoms with Crippen LogP contribution in [0.1, 0.15) is 66.8 Å². The van der Waals surface area contributed by atoms with Crippen molar-refractivity contribution in [2.45, 2.75) is 83.1 Å². The first kappa shape index (κ1) is 35.0. The summed E-state index contributed by atoms with van der Waals surface area (Å²) in [5.74, 6) is 0. The maximum atomic E-state index is 2.48. The number of aryl methyl sites for hydroxylation is 12. The smallest absolute Gasteiger partial charge is 0.242 e. The molecule has 0 fully saturated rings. The lowest BCUT2D eigenvalue weighted by Crippen LogP contribution is -2.55. The van der Waals surface area contributed by atoms with Gasteiger partial charge in [0.25, 0.3) is 0 Å².